The van der Waals surface area contributed by atoms with Crippen LogP contribution in [0.2, 0.25) is 0 Å². The van der Waals surface area contributed by atoms with E-state index in [0.29, 0.717) is 22.5 Å². The molecule has 0 aliphatic heterocycles. The van der Waals surface area contributed by atoms with Gasteiger partial charge >= 0.3 is 5.97 Å². The van der Waals surface area contributed by atoms with Crippen LogP contribution in [-0.2, 0) is 11.3 Å². The van der Waals surface area contributed by atoms with E-state index in [4.69, 9.17) is 4.74 Å². The molecule has 0 N–H and O–H groups in total. The van der Waals surface area contributed by atoms with E-state index in [9.17, 15) is 9.59 Å². The van der Waals surface area contributed by atoms with Crippen molar-refractivity contribution < 1.29 is 14.3 Å². The third-order valence-electron chi connectivity index (χ3n) is 3.99. The highest BCUT2D eigenvalue weighted by Gasteiger charge is 2.12. The third-order valence-corrected chi connectivity index (χ3v) is 5.03. The van der Waals surface area contributed by atoms with Crippen molar-refractivity contribution in [1.82, 2.24) is 4.57 Å². The summed E-state index contributed by atoms with van der Waals surface area (Å²) in [5.41, 5.74) is 2.92. The van der Waals surface area contributed by atoms with Crippen molar-refractivity contribution in [2.75, 3.05) is 7.11 Å². The molecule has 0 unspecified atom stereocenters. The molecule has 6 heteroatoms. The van der Waals surface area contributed by atoms with Gasteiger partial charge in [0.25, 0.3) is 5.91 Å². The fourth-order valence-corrected chi connectivity index (χ4v) is 3.80. The molecule has 0 aliphatic rings. The number of hydrogen-bond acceptors (Lipinski definition) is 4. The minimum Gasteiger partial charge on any atom is -0.465 e. The van der Waals surface area contributed by atoms with Gasteiger partial charge in [-0.25, -0.2) is 4.79 Å². The Hall–Kier alpha value is -2.73. The number of esters is 1. The van der Waals surface area contributed by atoms with E-state index in [2.05, 4.69) is 4.99 Å². The maximum absolute atomic E-state index is 12.6. The number of carbonyl (C=O) groups is 2. The van der Waals surface area contributed by atoms with Crippen molar-refractivity contribution in [3.05, 3.63) is 64.0 Å². The molecule has 0 aliphatic carbocycles. The number of ether oxygens (including phenoxy) is 1. The second kappa shape index (κ2) is 7.03. The highest BCUT2D eigenvalue weighted by Crippen LogP contribution is 2.20. The van der Waals surface area contributed by atoms with Crippen LogP contribution in [0.1, 0.15) is 33.2 Å². The monoisotopic (exact) mass is 354 g/mol. The largest absolute Gasteiger partial charge is 0.465 e. The zero-order chi connectivity index (χ0) is 18.0. The van der Waals surface area contributed by atoms with Crippen LogP contribution in [0.3, 0.4) is 0 Å². The van der Waals surface area contributed by atoms with Gasteiger partial charge in [-0.1, -0.05) is 29.5 Å². The molecule has 0 radical (unpaired) electrons. The van der Waals surface area contributed by atoms with Crippen LogP contribution in [0.25, 0.3) is 10.2 Å². The minimum absolute atomic E-state index is 0.264. The van der Waals surface area contributed by atoms with Crippen molar-refractivity contribution >= 4 is 33.4 Å². The van der Waals surface area contributed by atoms with E-state index >= 15 is 0 Å². The highest BCUT2D eigenvalue weighted by atomic mass is 32.1. The lowest BCUT2D eigenvalue weighted by Crippen LogP contribution is -2.16. The molecule has 0 saturated carbocycles. The first-order valence-corrected chi connectivity index (χ1v) is 8.73. The SMILES string of the molecule is CCn1c(=NC(=O)c2ccccc2C)sc2cc(C(=O)OC)ccc21. The summed E-state index contributed by atoms with van der Waals surface area (Å²) in [6.45, 7) is 4.57. The molecule has 0 fully saturated rings. The van der Waals surface area contributed by atoms with Gasteiger partial charge in [-0.05, 0) is 43.7 Å². The minimum atomic E-state index is -0.382. The lowest BCUT2D eigenvalue weighted by Gasteiger charge is -2.02. The summed E-state index contributed by atoms with van der Waals surface area (Å²) in [5, 5.41) is 0. The number of nitrogens with zero attached hydrogens (tertiary/aromatic N) is 2. The van der Waals surface area contributed by atoms with Gasteiger partial charge in [0.05, 0.1) is 22.9 Å². The van der Waals surface area contributed by atoms with E-state index in [1.54, 1.807) is 18.2 Å². The molecule has 1 heterocycles. The number of rotatable bonds is 3. The van der Waals surface area contributed by atoms with Crippen molar-refractivity contribution in [2.24, 2.45) is 4.99 Å². The molecule has 0 spiro atoms. The van der Waals surface area contributed by atoms with Crippen LogP contribution in [0, 0.1) is 6.92 Å². The third kappa shape index (κ3) is 3.25. The highest BCUT2D eigenvalue weighted by molar-refractivity contribution is 7.16. The zero-order valence-electron chi connectivity index (χ0n) is 14.3. The normalized spacial score (nSPS) is 11.7. The topological polar surface area (TPSA) is 60.7 Å². The molecule has 5 nitrogen and oxygen atoms in total. The van der Waals surface area contributed by atoms with E-state index in [-0.39, 0.29) is 11.9 Å². The van der Waals surface area contributed by atoms with Gasteiger partial charge in [0.15, 0.2) is 4.80 Å². The number of amides is 1. The van der Waals surface area contributed by atoms with Crippen LogP contribution < -0.4 is 4.80 Å². The summed E-state index contributed by atoms with van der Waals surface area (Å²) in [4.78, 5) is 29.2. The second-order valence-electron chi connectivity index (χ2n) is 5.53. The van der Waals surface area contributed by atoms with Gasteiger partial charge in [-0.2, -0.15) is 4.99 Å². The Morgan fingerprint density at radius 1 is 1.20 bits per heavy atom. The molecule has 2 aromatic carbocycles. The van der Waals surface area contributed by atoms with Gasteiger partial charge in [-0.3, -0.25) is 4.79 Å². The van der Waals surface area contributed by atoms with Crippen LogP contribution >= 0.6 is 11.3 Å². The number of aryl methyl sites for hydroxylation is 2. The second-order valence-corrected chi connectivity index (χ2v) is 6.54. The van der Waals surface area contributed by atoms with E-state index < -0.39 is 0 Å². The molecule has 0 atom stereocenters. The van der Waals surface area contributed by atoms with Crippen molar-refractivity contribution in [1.29, 1.82) is 0 Å². The van der Waals surface area contributed by atoms with Crippen LogP contribution in [-0.4, -0.2) is 23.6 Å². The Morgan fingerprint density at radius 3 is 2.64 bits per heavy atom. The summed E-state index contributed by atoms with van der Waals surface area (Å²) in [6.07, 6.45) is 0. The molecule has 1 amide bonds. The fourth-order valence-electron chi connectivity index (χ4n) is 2.67. The van der Waals surface area contributed by atoms with Crippen LogP contribution in [0.15, 0.2) is 47.5 Å². The maximum Gasteiger partial charge on any atom is 0.337 e. The average Bonchev–Trinajstić information content (AvgIpc) is 2.97. The molecule has 128 valence electrons. The Kier molecular flexibility index (Phi) is 4.81. The summed E-state index contributed by atoms with van der Waals surface area (Å²) in [7, 11) is 1.36. The van der Waals surface area contributed by atoms with Crippen molar-refractivity contribution in [2.45, 2.75) is 20.4 Å². The predicted octanol–water partition coefficient (Wildman–Crippen LogP) is 3.56. The van der Waals surface area contributed by atoms with Crippen molar-refractivity contribution in [3.8, 4) is 0 Å². The van der Waals surface area contributed by atoms with Gasteiger partial charge < -0.3 is 9.30 Å². The molecule has 0 saturated heterocycles. The number of fused-ring (bicyclic) bond motifs is 1. The number of methoxy groups -OCH3 is 1. The van der Waals surface area contributed by atoms with Crippen LogP contribution in [0.5, 0.6) is 0 Å². The predicted molar refractivity (Wildman–Crippen MR) is 97.9 cm³/mol. The summed E-state index contributed by atoms with van der Waals surface area (Å²) in [5.74, 6) is -0.645. The number of aromatic nitrogens is 1. The zero-order valence-corrected chi connectivity index (χ0v) is 15.1. The quantitative estimate of drug-likeness (QED) is 0.676. The standard InChI is InChI=1S/C19H18N2O3S/c1-4-21-15-10-9-13(18(23)24-3)11-16(15)25-19(21)20-17(22)14-8-6-5-7-12(14)2/h5-11H,4H2,1-3H3. The Balaban J connectivity index is 2.14. The molecule has 1 aromatic heterocycles. The number of thiazole rings is 1. The van der Waals surface area contributed by atoms with Gasteiger partial charge in [0.2, 0.25) is 0 Å². The molecule has 0 bridgehead atoms. The molecule has 25 heavy (non-hydrogen) atoms. The van der Waals surface area contributed by atoms with E-state index in [1.807, 2.05) is 42.7 Å². The van der Waals surface area contributed by atoms with Gasteiger partial charge in [-0.15, -0.1) is 0 Å². The number of benzene rings is 2. The van der Waals surface area contributed by atoms with E-state index in [1.165, 1.54) is 18.4 Å². The Bertz CT molecular complexity index is 1030. The number of carbonyl (C=O) groups excluding carboxylic acids is 2. The Labute approximate surface area is 149 Å². The molecule has 3 aromatic rings. The Morgan fingerprint density at radius 2 is 1.96 bits per heavy atom. The average molecular weight is 354 g/mol. The first-order valence-electron chi connectivity index (χ1n) is 7.91. The number of hydrogen-bond donors (Lipinski definition) is 0. The first kappa shape index (κ1) is 17.1. The lowest BCUT2D eigenvalue weighted by molar-refractivity contribution is 0.0601. The van der Waals surface area contributed by atoms with Gasteiger partial charge in [0, 0.05) is 12.1 Å². The fraction of sp³-hybridized carbons (Fsp3) is 0.211. The summed E-state index contributed by atoms with van der Waals surface area (Å²) < 4.78 is 7.62. The smallest absolute Gasteiger partial charge is 0.337 e. The molecule has 3 rings (SSSR count). The lowest BCUT2D eigenvalue weighted by atomic mass is 10.1. The molecular weight excluding hydrogens is 336 g/mol. The van der Waals surface area contributed by atoms with Crippen LogP contribution in [0.4, 0.5) is 0 Å². The van der Waals surface area contributed by atoms with Gasteiger partial charge in [0.1, 0.15) is 0 Å². The maximum atomic E-state index is 12.6. The summed E-state index contributed by atoms with van der Waals surface area (Å²) >= 11 is 1.39. The summed E-state index contributed by atoms with van der Waals surface area (Å²) in [6, 6.07) is 12.8. The first-order chi connectivity index (χ1) is 12.0. The van der Waals surface area contributed by atoms with E-state index in [0.717, 1.165) is 15.8 Å². The molecular formula is C19H18N2O3S. The van der Waals surface area contributed by atoms with Crippen molar-refractivity contribution in [3.63, 3.8) is 0 Å².